The summed E-state index contributed by atoms with van der Waals surface area (Å²) in [7, 11) is -2.10. The number of nitrogens with two attached hydrogens (primary N) is 1. The van der Waals surface area contributed by atoms with Crippen molar-refractivity contribution in [3.05, 3.63) is 23.8 Å². The Bertz CT molecular complexity index is 575. The molecule has 0 aliphatic rings. The Kier molecular flexibility index (Phi) is 4.33. The molecule has 98 valence electrons. The molecule has 5 nitrogen and oxygen atoms in total. The van der Waals surface area contributed by atoms with Gasteiger partial charge in [0.25, 0.3) is 0 Å². The first-order valence-corrected chi connectivity index (χ1v) is 6.95. The lowest BCUT2D eigenvalue weighted by molar-refractivity contribution is 0.393. The van der Waals surface area contributed by atoms with Gasteiger partial charge in [-0.15, -0.1) is 0 Å². The molecule has 6 heteroatoms. The van der Waals surface area contributed by atoms with Crippen molar-refractivity contribution in [1.29, 1.82) is 5.26 Å². The minimum Gasteiger partial charge on any atom is -0.399 e. The molecule has 0 amide bonds. The molecule has 1 rings (SSSR count). The third kappa shape index (κ3) is 2.81. The Morgan fingerprint density at radius 2 is 2.11 bits per heavy atom. The Balaban J connectivity index is 3.14. The fraction of sp³-hybridized carbons (Fsp3) is 0.417. The second-order valence-corrected chi connectivity index (χ2v) is 6.25. The molecule has 0 aromatic heterocycles. The van der Waals surface area contributed by atoms with Crippen LogP contribution in [0.3, 0.4) is 0 Å². The van der Waals surface area contributed by atoms with Crippen molar-refractivity contribution in [2.45, 2.75) is 31.2 Å². The number of nitriles is 1. The van der Waals surface area contributed by atoms with Crippen LogP contribution in [0.15, 0.2) is 23.1 Å². The molecule has 0 spiro atoms. The Morgan fingerprint density at radius 1 is 1.50 bits per heavy atom. The van der Waals surface area contributed by atoms with E-state index in [1.807, 2.05) is 6.07 Å². The summed E-state index contributed by atoms with van der Waals surface area (Å²) in [6, 6.07) is 6.20. The molecule has 1 atom stereocenters. The predicted molar refractivity (Wildman–Crippen MR) is 70.2 cm³/mol. The summed E-state index contributed by atoms with van der Waals surface area (Å²) in [6.45, 7) is 3.46. The first kappa shape index (κ1) is 14.5. The van der Waals surface area contributed by atoms with Crippen molar-refractivity contribution >= 4 is 15.7 Å². The Hall–Kier alpha value is -1.58. The van der Waals surface area contributed by atoms with Crippen LogP contribution in [0, 0.1) is 18.3 Å². The predicted octanol–water partition coefficient (Wildman–Crippen LogP) is 1.50. The van der Waals surface area contributed by atoms with Gasteiger partial charge in [0, 0.05) is 18.8 Å². The molecule has 18 heavy (non-hydrogen) atoms. The van der Waals surface area contributed by atoms with Crippen LogP contribution in [0.25, 0.3) is 0 Å². The van der Waals surface area contributed by atoms with E-state index in [2.05, 4.69) is 0 Å². The summed E-state index contributed by atoms with van der Waals surface area (Å²) in [5.74, 6) is 0. The molecular weight excluding hydrogens is 250 g/mol. The number of nitrogens with zero attached hydrogens (tertiary/aromatic N) is 2. The minimum atomic E-state index is -3.57. The first-order chi connectivity index (χ1) is 8.30. The van der Waals surface area contributed by atoms with Crippen LogP contribution in [0.1, 0.15) is 18.9 Å². The normalized spacial score (nSPS) is 13.3. The molecule has 0 radical (unpaired) electrons. The van der Waals surface area contributed by atoms with Gasteiger partial charge in [-0.25, -0.2) is 8.42 Å². The zero-order chi connectivity index (χ0) is 13.9. The van der Waals surface area contributed by atoms with Gasteiger partial charge in [0.2, 0.25) is 10.0 Å². The van der Waals surface area contributed by atoms with Crippen molar-refractivity contribution in [1.82, 2.24) is 4.31 Å². The van der Waals surface area contributed by atoms with Crippen molar-refractivity contribution < 1.29 is 8.42 Å². The lowest BCUT2D eigenvalue weighted by Crippen LogP contribution is -2.34. The van der Waals surface area contributed by atoms with Crippen LogP contribution < -0.4 is 5.73 Å². The summed E-state index contributed by atoms with van der Waals surface area (Å²) >= 11 is 0. The highest BCUT2D eigenvalue weighted by molar-refractivity contribution is 7.89. The Morgan fingerprint density at radius 3 is 2.61 bits per heavy atom. The first-order valence-electron chi connectivity index (χ1n) is 5.51. The molecule has 2 N–H and O–H groups in total. The summed E-state index contributed by atoms with van der Waals surface area (Å²) in [5.41, 5.74) is 6.94. The van der Waals surface area contributed by atoms with E-state index in [0.717, 1.165) is 5.56 Å². The quantitative estimate of drug-likeness (QED) is 0.837. The smallest absolute Gasteiger partial charge is 0.243 e. The molecule has 0 heterocycles. The highest BCUT2D eigenvalue weighted by Crippen LogP contribution is 2.21. The lowest BCUT2D eigenvalue weighted by atomic mass is 10.2. The van der Waals surface area contributed by atoms with E-state index in [0.29, 0.717) is 5.69 Å². The van der Waals surface area contributed by atoms with Crippen LogP contribution in [0.4, 0.5) is 5.69 Å². The van der Waals surface area contributed by atoms with Gasteiger partial charge < -0.3 is 5.73 Å². The van der Waals surface area contributed by atoms with Gasteiger partial charge >= 0.3 is 0 Å². The number of anilines is 1. The molecule has 1 unspecified atom stereocenters. The van der Waals surface area contributed by atoms with Crippen LogP contribution in [-0.2, 0) is 10.0 Å². The largest absolute Gasteiger partial charge is 0.399 e. The second kappa shape index (κ2) is 5.38. The summed E-state index contributed by atoms with van der Waals surface area (Å²) in [4.78, 5) is 0.196. The molecule has 0 aliphatic heterocycles. The number of hydrogen-bond acceptors (Lipinski definition) is 4. The SMILES string of the molecule is Cc1cc(S(=O)(=O)N(C)C(C)CC#N)ccc1N. The van der Waals surface area contributed by atoms with Gasteiger partial charge in [-0.2, -0.15) is 9.57 Å². The summed E-state index contributed by atoms with van der Waals surface area (Å²) < 4.78 is 25.8. The van der Waals surface area contributed by atoms with Crippen LogP contribution in [0.2, 0.25) is 0 Å². The standard InChI is InChI=1S/C12H17N3O2S/c1-9-8-11(4-5-12(9)14)18(16,17)15(3)10(2)6-7-13/h4-5,8,10H,6,14H2,1-3H3. The van der Waals surface area contributed by atoms with E-state index < -0.39 is 10.0 Å². The highest BCUT2D eigenvalue weighted by atomic mass is 32.2. The molecule has 0 bridgehead atoms. The highest BCUT2D eigenvalue weighted by Gasteiger charge is 2.25. The van der Waals surface area contributed by atoms with Crippen molar-refractivity contribution in [3.63, 3.8) is 0 Å². The van der Waals surface area contributed by atoms with Crippen molar-refractivity contribution in [3.8, 4) is 6.07 Å². The molecule has 0 saturated heterocycles. The zero-order valence-corrected chi connectivity index (χ0v) is 11.5. The number of rotatable bonds is 4. The molecular formula is C12H17N3O2S. The van der Waals surface area contributed by atoms with Crippen LogP contribution in [-0.4, -0.2) is 25.8 Å². The van der Waals surface area contributed by atoms with Crippen LogP contribution in [0.5, 0.6) is 0 Å². The monoisotopic (exact) mass is 267 g/mol. The van der Waals surface area contributed by atoms with Gasteiger partial charge in [-0.05, 0) is 37.6 Å². The molecule has 0 aliphatic carbocycles. The Labute approximate surface area is 108 Å². The maximum atomic E-state index is 12.3. The maximum absolute atomic E-state index is 12.3. The fourth-order valence-electron chi connectivity index (χ4n) is 1.47. The third-order valence-electron chi connectivity index (χ3n) is 2.93. The number of sulfonamides is 1. The fourth-order valence-corrected chi connectivity index (χ4v) is 2.92. The van der Waals surface area contributed by atoms with E-state index >= 15 is 0 Å². The van der Waals surface area contributed by atoms with Crippen molar-refractivity contribution in [2.24, 2.45) is 0 Å². The summed E-state index contributed by atoms with van der Waals surface area (Å²) in [5, 5.41) is 8.61. The van der Waals surface area contributed by atoms with Gasteiger partial charge in [0.15, 0.2) is 0 Å². The molecule has 1 aromatic rings. The van der Waals surface area contributed by atoms with Gasteiger partial charge in [-0.3, -0.25) is 0 Å². The minimum absolute atomic E-state index is 0.156. The zero-order valence-electron chi connectivity index (χ0n) is 10.7. The lowest BCUT2D eigenvalue weighted by Gasteiger charge is -2.22. The average molecular weight is 267 g/mol. The number of benzene rings is 1. The maximum Gasteiger partial charge on any atom is 0.243 e. The molecule has 1 aromatic carbocycles. The third-order valence-corrected chi connectivity index (χ3v) is 4.89. The van der Waals surface area contributed by atoms with Gasteiger partial charge in [0.05, 0.1) is 17.4 Å². The van der Waals surface area contributed by atoms with Crippen LogP contribution >= 0.6 is 0 Å². The average Bonchev–Trinajstić information content (AvgIpc) is 2.31. The van der Waals surface area contributed by atoms with Gasteiger partial charge in [0.1, 0.15) is 0 Å². The number of nitrogen functional groups attached to an aromatic ring is 1. The van der Waals surface area contributed by atoms with E-state index in [4.69, 9.17) is 11.0 Å². The molecule has 0 saturated carbocycles. The number of aryl methyl sites for hydroxylation is 1. The van der Waals surface area contributed by atoms with E-state index in [1.54, 1.807) is 26.0 Å². The van der Waals surface area contributed by atoms with E-state index in [9.17, 15) is 8.42 Å². The topological polar surface area (TPSA) is 87.2 Å². The molecule has 0 fully saturated rings. The summed E-state index contributed by atoms with van der Waals surface area (Å²) in [6.07, 6.45) is 0.156. The van der Waals surface area contributed by atoms with E-state index in [1.165, 1.54) is 17.4 Å². The number of hydrogen-bond donors (Lipinski definition) is 1. The van der Waals surface area contributed by atoms with Crippen molar-refractivity contribution in [2.75, 3.05) is 12.8 Å². The van der Waals surface area contributed by atoms with Gasteiger partial charge in [-0.1, -0.05) is 0 Å². The van der Waals surface area contributed by atoms with E-state index in [-0.39, 0.29) is 17.4 Å². The second-order valence-electron chi connectivity index (χ2n) is 4.25.